The van der Waals surface area contributed by atoms with E-state index in [0.29, 0.717) is 29.7 Å². The zero-order valence-electron chi connectivity index (χ0n) is 19.4. The molecule has 8 nitrogen and oxygen atoms in total. The van der Waals surface area contributed by atoms with Gasteiger partial charge in [0.1, 0.15) is 0 Å². The summed E-state index contributed by atoms with van der Waals surface area (Å²) in [6, 6.07) is 18.9. The summed E-state index contributed by atoms with van der Waals surface area (Å²) in [5.41, 5.74) is 3.35. The predicted octanol–water partition coefficient (Wildman–Crippen LogP) is 3.77. The van der Waals surface area contributed by atoms with Crippen molar-refractivity contribution in [2.24, 2.45) is 5.92 Å². The number of carbonyl (C=O) groups excluding carboxylic acids is 1. The van der Waals surface area contributed by atoms with Gasteiger partial charge in [-0.25, -0.2) is 4.98 Å². The summed E-state index contributed by atoms with van der Waals surface area (Å²) in [5, 5.41) is 12.0. The number of nitriles is 1. The second-order valence-electron chi connectivity index (χ2n) is 8.71. The minimum atomic E-state index is -0.236. The first kappa shape index (κ1) is 22.9. The molecule has 0 fully saturated rings. The third-order valence-corrected chi connectivity index (χ3v) is 5.57. The minimum Gasteiger partial charge on any atom is -0.277 e. The summed E-state index contributed by atoms with van der Waals surface area (Å²) < 4.78 is 1.30. The molecule has 2 aromatic heterocycles. The number of aryl methyl sites for hydroxylation is 1. The Balaban J connectivity index is 1.73. The Labute approximate surface area is 197 Å². The Kier molecular flexibility index (Phi) is 6.55. The summed E-state index contributed by atoms with van der Waals surface area (Å²) >= 11 is 0. The van der Waals surface area contributed by atoms with Crippen LogP contribution in [0.15, 0.2) is 59.4 Å². The summed E-state index contributed by atoms with van der Waals surface area (Å²) in [6.45, 7) is 6.00. The van der Waals surface area contributed by atoms with Gasteiger partial charge in [0.25, 0.3) is 11.3 Å². The first-order valence-corrected chi connectivity index (χ1v) is 11.2. The first-order valence-electron chi connectivity index (χ1n) is 11.2. The number of carbonyl (C=O) groups is 1. The number of benzene rings is 2. The number of hydrogen-bond acceptors (Lipinski definition) is 5. The Morgan fingerprint density at radius 3 is 2.44 bits per heavy atom. The van der Waals surface area contributed by atoms with Crippen molar-refractivity contribution in [1.29, 1.82) is 5.26 Å². The van der Waals surface area contributed by atoms with Crippen molar-refractivity contribution in [3.05, 3.63) is 92.9 Å². The van der Waals surface area contributed by atoms with Gasteiger partial charge in [-0.3, -0.25) is 19.6 Å². The van der Waals surface area contributed by atoms with Crippen LogP contribution < -0.4 is 10.5 Å². The van der Waals surface area contributed by atoms with Gasteiger partial charge < -0.3 is 0 Å². The maximum atomic E-state index is 13.3. The van der Waals surface area contributed by atoms with Crippen molar-refractivity contribution in [2.45, 2.75) is 40.2 Å². The van der Waals surface area contributed by atoms with Crippen LogP contribution >= 0.6 is 0 Å². The molecule has 1 amide bonds. The first-order chi connectivity index (χ1) is 16.4. The number of anilines is 1. The molecule has 0 aliphatic heterocycles. The molecule has 0 spiro atoms. The van der Waals surface area contributed by atoms with Crippen LogP contribution in [-0.4, -0.2) is 25.5 Å². The van der Waals surface area contributed by atoms with Gasteiger partial charge in [0.15, 0.2) is 0 Å². The molecule has 2 aromatic carbocycles. The van der Waals surface area contributed by atoms with Gasteiger partial charge in [-0.1, -0.05) is 56.3 Å². The van der Waals surface area contributed by atoms with Crippen LogP contribution in [0.5, 0.6) is 0 Å². The molecule has 0 saturated carbocycles. The number of H-pyrrole nitrogens is 1. The molecular formula is C26H26N6O2. The summed E-state index contributed by atoms with van der Waals surface area (Å²) in [7, 11) is 0. The predicted molar refractivity (Wildman–Crippen MR) is 129 cm³/mol. The van der Waals surface area contributed by atoms with Crippen LogP contribution in [0.2, 0.25) is 0 Å². The van der Waals surface area contributed by atoms with Crippen molar-refractivity contribution < 1.29 is 4.79 Å². The molecule has 4 aromatic rings. The van der Waals surface area contributed by atoms with E-state index in [4.69, 9.17) is 5.26 Å². The van der Waals surface area contributed by atoms with Crippen molar-refractivity contribution in [1.82, 2.24) is 19.6 Å². The molecule has 0 aliphatic rings. The van der Waals surface area contributed by atoms with Crippen LogP contribution in [0, 0.1) is 24.2 Å². The van der Waals surface area contributed by atoms with E-state index in [1.165, 1.54) is 9.42 Å². The molecule has 4 rings (SSSR count). The molecule has 34 heavy (non-hydrogen) atoms. The van der Waals surface area contributed by atoms with Gasteiger partial charge in [0, 0.05) is 18.4 Å². The van der Waals surface area contributed by atoms with Crippen molar-refractivity contribution in [3.63, 3.8) is 0 Å². The SMILES string of the molecule is Cc1nc2nc(N(Cc3ccc(C#N)cc3)C(=O)CC(C)C)[nH]n2c(=O)c1Cc1ccccc1. The lowest BCUT2D eigenvalue weighted by atomic mass is 10.1. The average molecular weight is 455 g/mol. The number of aromatic amines is 1. The van der Waals surface area contributed by atoms with Crippen LogP contribution in [0.1, 0.15) is 48.2 Å². The fourth-order valence-electron chi connectivity index (χ4n) is 3.78. The molecule has 1 N–H and O–H groups in total. The smallest absolute Gasteiger partial charge is 0.277 e. The highest BCUT2D eigenvalue weighted by Crippen LogP contribution is 2.18. The number of hydrogen-bond donors (Lipinski definition) is 1. The lowest BCUT2D eigenvalue weighted by Crippen LogP contribution is -2.32. The molecular weight excluding hydrogens is 428 g/mol. The maximum Gasteiger partial charge on any atom is 0.277 e. The molecule has 0 saturated heterocycles. The molecule has 0 aliphatic carbocycles. The molecule has 0 unspecified atom stereocenters. The normalized spacial score (nSPS) is 11.0. The molecule has 8 heteroatoms. The lowest BCUT2D eigenvalue weighted by Gasteiger charge is -2.20. The third-order valence-electron chi connectivity index (χ3n) is 5.57. The summed E-state index contributed by atoms with van der Waals surface area (Å²) in [4.78, 5) is 37.0. The molecule has 2 heterocycles. The van der Waals surface area contributed by atoms with E-state index in [1.807, 2.05) is 56.3 Å². The second kappa shape index (κ2) is 9.71. The van der Waals surface area contributed by atoms with Crippen LogP contribution in [0.25, 0.3) is 5.78 Å². The van der Waals surface area contributed by atoms with Gasteiger partial charge in [0.2, 0.25) is 11.9 Å². The zero-order valence-corrected chi connectivity index (χ0v) is 19.4. The zero-order chi connectivity index (χ0) is 24.2. The Morgan fingerprint density at radius 2 is 1.79 bits per heavy atom. The largest absolute Gasteiger partial charge is 0.277 e. The summed E-state index contributed by atoms with van der Waals surface area (Å²) in [6.07, 6.45) is 0.783. The molecule has 172 valence electrons. The van der Waals surface area contributed by atoms with Crippen LogP contribution in [-0.2, 0) is 17.8 Å². The van der Waals surface area contributed by atoms with E-state index in [1.54, 1.807) is 19.1 Å². The number of fused-ring (bicyclic) bond motifs is 1. The topological polar surface area (TPSA) is 107 Å². The van der Waals surface area contributed by atoms with E-state index in [2.05, 4.69) is 21.1 Å². The van der Waals surface area contributed by atoms with E-state index < -0.39 is 0 Å². The second-order valence-corrected chi connectivity index (χ2v) is 8.71. The highest BCUT2D eigenvalue weighted by molar-refractivity contribution is 5.91. The monoisotopic (exact) mass is 454 g/mol. The fourth-order valence-corrected chi connectivity index (χ4v) is 3.78. The van der Waals surface area contributed by atoms with Crippen molar-refractivity contribution in [3.8, 4) is 6.07 Å². The van der Waals surface area contributed by atoms with E-state index in [0.717, 1.165) is 11.1 Å². The number of rotatable bonds is 7. The third kappa shape index (κ3) is 4.89. The van der Waals surface area contributed by atoms with Crippen molar-refractivity contribution >= 4 is 17.6 Å². The number of nitrogens with zero attached hydrogens (tertiary/aromatic N) is 5. The van der Waals surface area contributed by atoms with E-state index in [-0.39, 0.29) is 35.7 Å². The van der Waals surface area contributed by atoms with Crippen LogP contribution in [0.4, 0.5) is 5.95 Å². The average Bonchev–Trinajstić information content (AvgIpc) is 3.24. The highest BCUT2D eigenvalue weighted by atomic mass is 16.2. The molecule has 0 bridgehead atoms. The lowest BCUT2D eigenvalue weighted by molar-refractivity contribution is -0.119. The standard InChI is InChI=1S/C26H26N6O2/c1-17(2)13-23(33)31(16-21-11-9-20(15-27)10-12-21)26-29-25-28-18(3)22(24(34)32(25)30-26)14-19-7-5-4-6-8-19/h4-12,17H,13-14,16H2,1-3H3,(H,28,29,30). The molecule has 0 atom stereocenters. The van der Waals surface area contributed by atoms with Gasteiger partial charge in [-0.05, 0) is 36.1 Å². The fraction of sp³-hybridized carbons (Fsp3) is 0.269. The Morgan fingerprint density at radius 1 is 1.09 bits per heavy atom. The Bertz CT molecular complexity index is 1410. The van der Waals surface area contributed by atoms with Gasteiger partial charge >= 0.3 is 0 Å². The number of nitrogens with one attached hydrogen (secondary N) is 1. The van der Waals surface area contributed by atoms with E-state index >= 15 is 0 Å². The minimum absolute atomic E-state index is 0.118. The maximum absolute atomic E-state index is 13.3. The van der Waals surface area contributed by atoms with Gasteiger partial charge in [-0.15, -0.1) is 0 Å². The number of amides is 1. The number of aromatic nitrogens is 4. The highest BCUT2D eigenvalue weighted by Gasteiger charge is 2.23. The van der Waals surface area contributed by atoms with Crippen LogP contribution in [0.3, 0.4) is 0 Å². The Hall–Kier alpha value is -4.25. The summed E-state index contributed by atoms with van der Waals surface area (Å²) in [5.74, 6) is 0.515. The molecule has 0 radical (unpaired) electrons. The van der Waals surface area contributed by atoms with Crippen molar-refractivity contribution in [2.75, 3.05) is 4.90 Å². The quantitative estimate of drug-likeness (QED) is 0.457. The van der Waals surface area contributed by atoms with E-state index in [9.17, 15) is 9.59 Å². The van der Waals surface area contributed by atoms with Gasteiger partial charge in [-0.2, -0.15) is 14.8 Å². The van der Waals surface area contributed by atoms with Gasteiger partial charge in [0.05, 0.1) is 23.9 Å².